The van der Waals surface area contributed by atoms with Crippen LogP contribution in [0.3, 0.4) is 0 Å². The quantitative estimate of drug-likeness (QED) is 0.693. The molecule has 2 heteroatoms. The zero-order valence-corrected chi connectivity index (χ0v) is 8.85. The SMILES string of the molecule is Cl.OCC12CC3CC(CC(C3)C1)C2. The Hall–Kier alpha value is 0.250. The summed E-state index contributed by atoms with van der Waals surface area (Å²) in [6.45, 7) is 0.469. The van der Waals surface area contributed by atoms with Gasteiger partial charge in [0, 0.05) is 6.61 Å². The third-order valence-corrected chi connectivity index (χ3v) is 4.50. The van der Waals surface area contributed by atoms with Crippen molar-refractivity contribution in [1.29, 1.82) is 0 Å². The zero-order valence-electron chi connectivity index (χ0n) is 8.04. The number of aliphatic hydroxyl groups is 1. The predicted molar refractivity (Wildman–Crippen MR) is 54.9 cm³/mol. The van der Waals surface area contributed by atoms with E-state index in [2.05, 4.69) is 0 Å². The van der Waals surface area contributed by atoms with E-state index < -0.39 is 0 Å². The first-order valence-electron chi connectivity index (χ1n) is 5.40. The lowest BCUT2D eigenvalue weighted by Crippen LogP contribution is -2.47. The van der Waals surface area contributed by atoms with E-state index in [9.17, 15) is 5.11 Å². The Kier molecular flexibility index (Phi) is 2.36. The van der Waals surface area contributed by atoms with Crippen LogP contribution in [0.4, 0.5) is 0 Å². The third-order valence-electron chi connectivity index (χ3n) is 4.50. The van der Waals surface area contributed by atoms with Crippen molar-refractivity contribution in [3.63, 3.8) is 0 Å². The van der Waals surface area contributed by atoms with Gasteiger partial charge in [0.05, 0.1) is 0 Å². The number of hydrogen-bond acceptors (Lipinski definition) is 1. The molecule has 0 spiro atoms. The van der Waals surface area contributed by atoms with Gasteiger partial charge in [-0.3, -0.25) is 0 Å². The summed E-state index contributed by atoms with van der Waals surface area (Å²) in [6, 6.07) is 0. The number of halogens is 1. The molecule has 4 aliphatic rings. The molecule has 4 aliphatic carbocycles. The first kappa shape index (κ1) is 9.79. The monoisotopic (exact) mass is 202 g/mol. The summed E-state index contributed by atoms with van der Waals surface area (Å²) in [7, 11) is 0. The summed E-state index contributed by atoms with van der Waals surface area (Å²) in [5.41, 5.74) is 0.398. The molecule has 0 radical (unpaired) electrons. The van der Waals surface area contributed by atoms with Gasteiger partial charge in [-0.15, -0.1) is 12.4 Å². The highest BCUT2D eigenvalue weighted by Crippen LogP contribution is 2.59. The van der Waals surface area contributed by atoms with Crippen LogP contribution in [0.25, 0.3) is 0 Å². The van der Waals surface area contributed by atoms with Crippen molar-refractivity contribution in [2.24, 2.45) is 23.2 Å². The average molecular weight is 203 g/mol. The van der Waals surface area contributed by atoms with Gasteiger partial charge in [0.25, 0.3) is 0 Å². The third kappa shape index (κ3) is 1.41. The Morgan fingerprint density at radius 2 is 1.31 bits per heavy atom. The highest BCUT2D eigenvalue weighted by Gasteiger charge is 2.50. The Bertz CT molecular complexity index is 167. The standard InChI is InChI=1S/C11H18O.ClH/c12-7-11-4-8-1-9(5-11)3-10(2-8)6-11;/h8-10,12H,1-7H2;1H. The smallest absolute Gasteiger partial charge is 0.0487 e. The summed E-state index contributed by atoms with van der Waals surface area (Å²) in [5.74, 6) is 2.97. The molecule has 0 unspecified atom stereocenters. The van der Waals surface area contributed by atoms with Crippen LogP contribution in [-0.4, -0.2) is 11.7 Å². The van der Waals surface area contributed by atoms with Crippen LogP contribution in [0.5, 0.6) is 0 Å². The topological polar surface area (TPSA) is 20.2 Å². The fraction of sp³-hybridized carbons (Fsp3) is 1.00. The molecule has 0 heterocycles. The van der Waals surface area contributed by atoms with Gasteiger partial charge in [-0.2, -0.15) is 0 Å². The van der Waals surface area contributed by atoms with E-state index in [4.69, 9.17) is 0 Å². The molecule has 1 N–H and O–H groups in total. The molecule has 76 valence electrons. The lowest BCUT2D eigenvalue weighted by Gasteiger charge is -2.56. The Labute approximate surface area is 86.3 Å². The van der Waals surface area contributed by atoms with Crippen molar-refractivity contribution < 1.29 is 5.11 Å². The van der Waals surface area contributed by atoms with E-state index in [-0.39, 0.29) is 12.4 Å². The number of rotatable bonds is 1. The van der Waals surface area contributed by atoms with E-state index in [0.717, 1.165) is 17.8 Å². The molecular formula is C11H19ClO. The maximum Gasteiger partial charge on any atom is 0.0487 e. The molecule has 13 heavy (non-hydrogen) atoms. The van der Waals surface area contributed by atoms with Gasteiger partial charge in [0.1, 0.15) is 0 Å². The van der Waals surface area contributed by atoms with Gasteiger partial charge in [-0.1, -0.05) is 0 Å². The summed E-state index contributed by atoms with van der Waals surface area (Å²) >= 11 is 0. The molecular weight excluding hydrogens is 184 g/mol. The van der Waals surface area contributed by atoms with E-state index in [1.807, 2.05) is 0 Å². The molecule has 0 aromatic rings. The zero-order chi connectivity index (χ0) is 8.18. The molecule has 0 saturated heterocycles. The second-order valence-corrected chi connectivity index (χ2v) is 5.58. The Balaban J connectivity index is 0.000000653. The molecule has 1 nitrogen and oxygen atoms in total. The highest BCUT2D eigenvalue weighted by atomic mass is 35.5. The van der Waals surface area contributed by atoms with Crippen LogP contribution < -0.4 is 0 Å². The first-order valence-corrected chi connectivity index (χ1v) is 5.40. The largest absolute Gasteiger partial charge is 0.396 e. The fourth-order valence-corrected chi connectivity index (χ4v) is 4.48. The van der Waals surface area contributed by atoms with Crippen LogP contribution in [0, 0.1) is 23.2 Å². The lowest BCUT2D eigenvalue weighted by atomic mass is 9.50. The minimum absolute atomic E-state index is 0. The maximum absolute atomic E-state index is 9.43. The van der Waals surface area contributed by atoms with Gasteiger partial charge in [0.2, 0.25) is 0 Å². The summed E-state index contributed by atoms with van der Waals surface area (Å²) < 4.78 is 0. The van der Waals surface area contributed by atoms with Gasteiger partial charge in [-0.25, -0.2) is 0 Å². The van der Waals surface area contributed by atoms with Gasteiger partial charge in [-0.05, 0) is 61.7 Å². The second-order valence-electron chi connectivity index (χ2n) is 5.58. The molecule has 0 atom stereocenters. The minimum atomic E-state index is 0. The maximum atomic E-state index is 9.43. The summed E-state index contributed by atoms with van der Waals surface area (Å²) in [4.78, 5) is 0. The molecule has 4 bridgehead atoms. The Morgan fingerprint density at radius 1 is 0.923 bits per heavy atom. The molecule has 0 aliphatic heterocycles. The fourth-order valence-electron chi connectivity index (χ4n) is 4.48. The van der Waals surface area contributed by atoms with Crippen LogP contribution in [0.1, 0.15) is 38.5 Å². The molecule has 4 rings (SSSR count). The molecule has 0 aromatic carbocycles. The van der Waals surface area contributed by atoms with E-state index in [1.165, 1.54) is 38.5 Å². The van der Waals surface area contributed by atoms with Crippen LogP contribution in [0.15, 0.2) is 0 Å². The van der Waals surface area contributed by atoms with E-state index in [0.29, 0.717) is 12.0 Å². The van der Waals surface area contributed by atoms with Gasteiger partial charge in [0.15, 0.2) is 0 Å². The average Bonchev–Trinajstić information content (AvgIpc) is 2.02. The van der Waals surface area contributed by atoms with Crippen molar-refractivity contribution in [3.05, 3.63) is 0 Å². The highest BCUT2D eigenvalue weighted by molar-refractivity contribution is 5.85. The van der Waals surface area contributed by atoms with Crippen molar-refractivity contribution >= 4 is 12.4 Å². The number of hydrogen-bond donors (Lipinski definition) is 1. The van der Waals surface area contributed by atoms with Crippen LogP contribution >= 0.6 is 12.4 Å². The van der Waals surface area contributed by atoms with Gasteiger partial charge >= 0.3 is 0 Å². The predicted octanol–water partition coefficient (Wildman–Crippen LogP) is 2.62. The van der Waals surface area contributed by atoms with Crippen LogP contribution in [-0.2, 0) is 0 Å². The van der Waals surface area contributed by atoms with Crippen molar-refractivity contribution in [2.75, 3.05) is 6.61 Å². The summed E-state index contributed by atoms with van der Waals surface area (Å²) in [6.07, 6.45) is 8.48. The van der Waals surface area contributed by atoms with E-state index in [1.54, 1.807) is 0 Å². The lowest BCUT2D eigenvalue weighted by molar-refractivity contribution is -0.0798. The van der Waals surface area contributed by atoms with Gasteiger partial charge < -0.3 is 5.11 Å². The molecule has 4 saturated carbocycles. The van der Waals surface area contributed by atoms with Crippen molar-refractivity contribution in [1.82, 2.24) is 0 Å². The summed E-state index contributed by atoms with van der Waals surface area (Å²) in [5, 5.41) is 9.43. The second kappa shape index (κ2) is 3.13. The van der Waals surface area contributed by atoms with Crippen LogP contribution in [0.2, 0.25) is 0 Å². The minimum Gasteiger partial charge on any atom is -0.396 e. The molecule has 0 amide bonds. The Morgan fingerprint density at radius 3 is 1.62 bits per heavy atom. The van der Waals surface area contributed by atoms with Crippen molar-refractivity contribution in [3.8, 4) is 0 Å². The molecule has 4 fully saturated rings. The van der Waals surface area contributed by atoms with E-state index >= 15 is 0 Å². The van der Waals surface area contributed by atoms with Crippen molar-refractivity contribution in [2.45, 2.75) is 38.5 Å². The normalized spacial score (nSPS) is 51.9. The number of aliphatic hydroxyl groups excluding tert-OH is 1. The molecule has 0 aromatic heterocycles. The first-order chi connectivity index (χ1) is 5.80.